The van der Waals surface area contributed by atoms with Crippen molar-refractivity contribution in [2.75, 3.05) is 20.3 Å². The maximum absolute atomic E-state index is 13.0. The number of nitro groups is 1. The summed E-state index contributed by atoms with van der Waals surface area (Å²) < 4.78 is 18.0. The molecule has 0 fully saturated rings. The normalized spacial score (nSPS) is 12.4. The fourth-order valence-corrected chi connectivity index (χ4v) is 1.82. The number of nitro benzene ring substituents is 1. The molecular weight excluding hydrogens is 239 g/mol. The van der Waals surface area contributed by atoms with Crippen LogP contribution in [0, 0.1) is 15.9 Å². The smallest absolute Gasteiger partial charge is 0.275 e. The summed E-state index contributed by atoms with van der Waals surface area (Å²) in [5.41, 5.74) is 0.318. The molecule has 6 heteroatoms. The van der Waals surface area contributed by atoms with E-state index in [2.05, 4.69) is 5.32 Å². The fraction of sp³-hybridized carbons (Fsp3) is 0.500. The average molecular weight is 256 g/mol. The maximum Gasteiger partial charge on any atom is 0.275 e. The Morgan fingerprint density at radius 3 is 2.83 bits per heavy atom. The van der Waals surface area contributed by atoms with Gasteiger partial charge in [0.15, 0.2) is 0 Å². The Balaban J connectivity index is 2.90. The van der Waals surface area contributed by atoms with Crippen LogP contribution >= 0.6 is 0 Å². The SMILES string of the molecule is CCNC(COC)Cc1ccc(F)cc1[N+](=O)[O-]. The molecule has 1 N–H and O–H groups in total. The minimum atomic E-state index is -0.600. The predicted octanol–water partition coefficient (Wildman–Crippen LogP) is 1.90. The van der Waals surface area contributed by atoms with Crippen molar-refractivity contribution < 1.29 is 14.1 Å². The van der Waals surface area contributed by atoms with Gasteiger partial charge in [-0.25, -0.2) is 4.39 Å². The van der Waals surface area contributed by atoms with Gasteiger partial charge in [-0.1, -0.05) is 6.92 Å². The van der Waals surface area contributed by atoms with Crippen molar-refractivity contribution in [1.29, 1.82) is 0 Å². The first-order chi connectivity index (χ1) is 8.58. The van der Waals surface area contributed by atoms with E-state index in [9.17, 15) is 14.5 Å². The lowest BCUT2D eigenvalue weighted by Gasteiger charge is -2.16. The third-order valence-electron chi connectivity index (χ3n) is 2.57. The van der Waals surface area contributed by atoms with Crippen molar-refractivity contribution in [2.24, 2.45) is 0 Å². The number of nitrogens with one attached hydrogen (secondary N) is 1. The first-order valence-corrected chi connectivity index (χ1v) is 5.73. The van der Waals surface area contributed by atoms with Crippen LogP contribution in [0.4, 0.5) is 10.1 Å². The van der Waals surface area contributed by atoms with Gasteiger partial charge in [0.1, 0.15) is 5.82 Å². The van der Waals surface area contributed by atoms with Gasteiger partial charge in [0.25, 0.3) is 5.69 Å². The molecule has 0 saturated heterocycles. The van der Waals surface area contributed by atoms with Gasteiger partial charge in [0.2, 0.25) is 0 Å². The first-order valence-electron chi connectivity index (χ1n) is 5.73. The molecule has 0 aliphatic heterocycles. The summed E-state index contributed by atoms with van der Waals surface area (Å²) >= 11 is 0. The van der Waals surface area contributed by atoms with Crippen LogP contribution < -0.4 is 5.32 Å². The molecule has 0 aliphatic rings. The number of ether oxygens (including phenoxy) is 1. The number of hydrogen-bond acceptors (Lipinski definition) is 4. The molecule has 0 amide bonds. The molecule has 0 bridgehead atoms. The molecular formula is C12H17FN2O3. The van der Waals surface area contributed by atoms with Gasteiger partial charge in [-0.2, -0.15) is 0 Å². The quantitative estimate of drug-likeness (QED) is 0.597. The van der Waals surface area contributed by atoms with Gasteiger partial charge in [0.05, 0.1) is 17.6 Å². The largest absolute Gasteiger partial charge is 0.383 e. The number of nitrogens with zero attached hydrogens (tertiary/aromatic N) is 1. The van der Waals surface area contributed by atoms with Gasteiger partial charge in [-0.15, -0.1) is 0 Å². The van der Waals surface area contributed by atoms with Crippen LogP contribution in [0.5, 0.6) is 0 Å². The standard InChI is InChI=1S/C12H17FN2O3/c1-3-14-11(8-18-2)6-9-4-5-10(13)7-12(9)15(16)17/h4-5,7,11,14H,3,6,8H2,1-2H3. The Morgan fingerprint density at radius 1 is 1.56 bits per heavy atom. The molecule has 1 atom stereocenters. The first kappa shape index (κ1) is 14.5. The highest BCUT2D eigenvalue weighted by Gasteiger charge is 2.18. The second-order valence-corrected chi connectivity index (χ2v) is 3.94. The highest BCUT2D eigenvalue weighted by molar-refractivity contribution is 5.41. The van der Waals surface area contributed by atoms with Crippen LogP contribution in [0.15, 0.2) is 18.2 Å². The Labute approximate surface area is 105 Å². The van der Waals surface area contributed by atoms with E-state index < -0.39 is 10.7 Å². The zero-order chi connectivity index (χ0) is 13.5. The van der Waals surface area contributed by atoms with Crippen LogP contribution in [0.2, 0.25) is 0 Å². The van der Waals surface area contributed by atoms with Crippen molar-refractivity contribution >= 4 is 5.69 Å². The van der Waals surface area contributed by atoms with E-state index in [1.165, 1.54) is 12.1 Å². The van der Waals surface area contributed by atoms with Gasteiger partial charge >= 0.3 is 0 Å². The molecule has 0 aliphatic carbocycles. The summed E-state index contributed by atoms with van der Waals surface area (Å²) in [7, 11) is 1.57. The minimum Gasteiger partial charge on any atom is -0.383 e. The third-order valence-corrected chi connectivity index (χ3v) is 2.57. The summed E-state index contributed by atoms with van der Waals surface area (Å²) in [6.07, 6.45) is 0.429. The molecule has 0 saturated carbocycles. The topological polar surface area (TPSA) is 64.4 Å². The van der Waals surface area contributed by atoms with E-state index in [0.29, 0.717) is 18.6 Å². The monoisotopic (exact) mass is 256 g/mol. The Hall–Kier alpha value is -1.53. The summed E-state index contributed by atoms with van der Waals surface area (Å²) in [6.45, 7) is 3.13. The van der Waals surface area contributed by atoms with E-state index in [-0.39, 0.29) is 11.7 Å². The number of halogens is 1. The van der Waals surface area contributed by atoms with Crippen molar-refractivity contribution in [2.45, 2.75) is 19.4 Å². The molecule has 100 valence electrons. The lowest BCUT2D eigenvalue weighted by Crippen LogP contribution is -2.35. The summed E-state index contributed by atoms with van der Waals surface area (Å²) in [5.74, 6) is -0.600. The summed E-state index contributed by atoms with van der Waals surface area (Å²) in [5, 5.41) is 14.0. The summed E-state index contributed by atoms with van der Waals surface area (Å²) in [4.78, 5) is 10.3. The molecule has 0 spiro atoms. The number of likely N-dealkylation sites (N-methyl/N-ethyl adjacent to an activating group) is 1. The molecule has 0 aromatic heterocycles. The lowest BCUT2D eigenvalue weighted by molar-refractivity contribution is -0.385. The van der Waals surface area contributed by atoms with Crippen LogP contribution in [0.1, 0.15) is 12.5 Å². The second-order valence-electron chi connectivity index (χ2n) is 3.94. The molecule has 0 radical (unpaired) electrons. The number of rotatable bonds is 7. The van der Waals surface area contributed by atoms with Crippen LogP contribution in [-0.4, -0.2) is 31.2 Å². The number of benzene rings is 1. The fourth-order valence-electron chi connectivity index (χ4n) is 1.82. The average Bonchev–Trinajstić information content (AvgIpc) is 2.32. The maximum atomic E-state index is 13.0. The molecule has 0 heterocycles. The van der Waals surface area contributed by atoms with Gasteiger partial charge in [0, 0.05) is 18.7 Å². The van der Waals surface area contributed by atoms with Gasteiger partial charge < -0.3 is 10.1 Å². The zero-order valence-corrected chi connectivity index (χ0v) is 10.5. The van der Waals surface area contributed by atoms with Crippen LogP contribution in [0.25, 0.3) is 0 Å². The minimum absolute atomic E-state index is 0.0239. The highest BCUT2D eigenvalue weighted by Crippen LogP contribution is 2.21. The van der Waals surface area contributed by atoms with Crippen molar-refractivity contribution in [1.82, 2.24) is 5.32 Å². The Bertz CT molecular complexity index is 406. The lowest BCUT2D eigenvalue weighted by atomic mass is 10.0. The van der Waals surface area contributed by atoms with Crippen molar-refractivity contribution in [3.63, 3.8) is 0 Å². The molecule has 5 nitrogen and oxygen atoms in total. The van der Waals surface area contributed by atoms with E-state index in [1.807, 2.05) is 6.92 Å². The van der Waals surface area contributed by atoms with E-state index in [1.54, 1.807) is 7.11 Å². The van der Waals surface area contributed by atoms with Gasteiger partial charge in [-0.3, -0.25) is 10.1 Å². The van der Waals surface area contributed by atoms with Crippen LogP contribution in [-0.2, 0) is 11.2 Å². The van der Waals surface area contributed by atoms with Crippen LogP contribution in [0.3, 0.4) is 0 Å². The predicted molar refractivity (Wildman–Crippen MR) is 66.1 cm³/mol. The molecule has 18 heavy (non-hydrogen) atoms. The Morgan fingerprint density at radius 2 is 2.28 bits per heavy atom. The van der Waals surface area contributed by atoms with E-state index in [4.69, 9.17) is 4.74 Å². The number of methoxy groups -OCH3 is 1. The number of hydrogen-bond donors (Lipinski definition) is 1. The summed E-state index contributed by atoms with van der Waals surface area (Å²) in [6, 6.07) is 3.61. The molecule has 1 rings (SSSR count). The molecule has 1 unspecified atom stereocenters. The second kappa shape index (κ2) is 7.03. The molecule has 1 aromatic rings. The zero-order valence-electron chi connectivity index (χ0n) is 10.5. The molecule has 1 aromatic carbocycles. The highest BCUT2D eigenvalue weighted by atomic mass is 19.1. The van der Waals surface area contributed by atoms with Crippen molar-refractivity contribution in [3.8, 4) is 0 Å². The van der Waals surface area contributed by atoms with E-state index >= 15 is 0 Å². The third kappa shape index (κ3) is 4.05. The van der Waals surface area contributed by atoms with E-state index in [0.717, 1.165) is 12.6 Å². The van der Waals surface area contributed by atoms with Gasteiger partial charge in [-0.05, 0) is 25.1 Å². The Kier molecular flexibility index (Phi) is 5.67. The van der Waals surface area contributed by atoms with Crippen molar-refractivity contribution in [3.05, 3.63) is 39.7 Å².